The van der Waals surface area contributed by atoms with E-state index >= 15 is 0 Å². The highest BCUT2D eigenvalue weighted by Crippen LogP contribution is 2.65. The Balaban J connectivity index is 1.48. The standard InChI is InChI=1S/C26H33FO2/c1-25-11-9-19(28)15-18(25)7-8-20-21(25)10-12-26(2)22(20)14-17(24(26)29)13-16-5-3-4-6-23(16)27/h3-7,13,19-22,24,28-29H,8-12,14-15H2,1-2H3/b17-13+/t19-,20-,21+,22+,24-,25+,26+/m1/s1. The molecule has 0 radical (unpaired) electrons. The molecule has 0 spiro atoms. The minimum atomic E-state index is -0.487. The van der Waals surface area contributed by atoms with Gasteiger partial charge >= 0.3 is 0 Å². The van der Waals surface area contributed by atoms with Gasteiger partial charge in [-0.2, -0.15) is 0 Å². The fraction of sp³-hybridized carbons (Fsp3) is 0.615. The van der Waals surface area contributed by atoms with E-state index in [2.05, 4.69) is 19.9 Å². The molecule has 0 unspecified atom stereocenters. The van der Waals surface area contributed by atoms with Crippen molar-refractivity contribution in [1.29, 1.82) is 0 Å². The Morgan fingerprint density at radius 1 is 1.03 bits per heavy atom. The number of benzene rings is 1. The first-order valence-corrected chi connectivity index (χ1v) is 11.3. The molecular formula is C26H33FO2. The van der Waals surface area contributed by atoms with E-state index in [1.807, 2.05) is 12.1 Å². The zero-order chi connectivity index (χ0) is 20.4. The van der Waals surface area contributed by atoms with Crippen molar-refractivity contribution in [3.63, 3.8) is 0 Å². The smallest absolute Gasteiger partial charge is 0.130 e. The van der Waals surface area contributed by atoms with Crippen molar-refractivity contribution in [3.8, 4) is 0 Å². The van der Waals surface area contributed by atoms with Crippen molar-refractivity contribution in [2.75, 3.05) is 0 Å². The average molecular weight is 397 g/mol. The first kappa shape index (κ1) is 19.5. The third-order valence-electron chi connectivity index (χ3n) is 9.19. The number of aliphatic hydroxyl groups is 2. The molecule has 1 aromatic rings. The lowest BCUT2D eigenvalue weighted by molar-refractivity contribution is -0.0685. The first-order valence-electron chi connectivity index (χ1n) is 11.3. The summed E-state index contributed by atoms with van der Waals surface area (Å²) in [5.74, 6) is 1.42. The van der Waals surface area contributed by atoms with Crippen LogP contribution in [0, 0.1) is 34.4 Å². The number of fused-ring (bicyclic) bond motifs is 5. The van der Waals surface area contributed by atoms with Crippen molar-refractivity contribution in [3.05, 3.63) is 52.9 Å². The van der Waals surface area contributed by atoms with Gasteiger partial charge in [0.25, 0.3) is 0 Å². The maximum Gasteiger partial charge on any atom is 0.130 e. The molecule has 4 aliphatic rings. The molecule has 0 aliphatic heterocycles. The zero-order valence-corrected chi connectivity index (χ0v) is 17.6. The molecule has 5 rings (SSSR count). The molecule has 0 heterocycles. The van der Waals surface area contributed by atoms with Crippen LogP contribution in [0.4, 0.5) is 4.39 Å². The van der Waals surface area contributed by atoms with E-state index < -0.39 is 6.10 Å². The van der Waals surface area contributed by atoms with Gasteiger partial charge in [-0.1, -0.05) is 49.8 Å². The van der Waals surface area contributed by atoms with E-state index in [0.717, 1.165) is 50.5 Å². The predicted octanol–water partition coefficient (Wildman–Crippen LogP) is 5.50. The van der Waals surface area contributed by atoms with Crippen molar-refractivity contribution in [2.24, 2.45) is 28.6 Å². The average Bonchev–Trinajstić information content (AvgIpc) is 2.95. The van der Waals surface area contributed by atoms with Gasteiger partial charge in [-0.3, -0.25) is 0 Å². The molecule has 0 bridgehead atoms. The summed E-state index contributed by atoms with van der Waals surface area (Å²) in [5.41, 5.74) is 3.14. The number of aliphatic hydroxyl groups excluding tert-OH is 2. The highest BCUT2D eigenvalue weighted by atomic mass is 19.1. The second-order valence-electron chi connectivity index (χ2n) is 10.5. The van der Waals surface area contributed by atoms with E-state index in [4.69, 9.17) is 0 Å². The van der Waals surface area contributed by atoms with E-state index in [0.29, 0.717) is 23.3 Å². The predicted molar refractivity (Wildman–Crippen MR) is 113 cm³/mol. The second kappa shape index (κ2) is 6.78. The summed E-state index contributed by atoms with van der Waals surface area (Å²) in [7, 11) is 0. The molecule has 2 nitrogen and oxygen atoms in total. The Morgan fingerprint density at radius 3 is 2.62 bits per heavy atom. The molecule has 4 aliphatic carbocycles. The number of hydrogen-bond acceptors (Lipinski definition) is 2. The Labute approximate surface area is 173 Å². The molecule has 29 heavy (non-hydrogen) atoms. The van der Waals surface area contributed by atoms with Crippen molar-refractivity contribution in [2.45, 2.75) is 71.0 Å². The van der Waals surface area contributed by atoms with Crippen LogP contribution in [0.3, 0.4) is 0 Å². The van der Waals surface area contributed by atoms with E-state index in [1.165, 1.54) is 11.6 Å². The lowest BCUT2D eigenvalue weighted by atomic mass is 9.48. The quantitative estimate of drug-likeness (QED) is 0.615. The van der Waals surface area contributed by atoms with Gasteiger partial charge in [-0.05, 0) is 79.8 Å². The van der Waals surface area contributed by atoms with Gasteiger partial charge < -0.3 is 10.2 Å². The van der Waals surface area contributed by atoms with Gasteiger partial charge in [-0.15, -0.1) is 0 Å². The van der Waals surface area contributed by atoms with Crippen LogP contribution in [0.25, 0.3) is 6.08 Å². The molecule has 1 aromatic carbocycles. The number of halogens is 1. The lowest BCUT2D eigenvalue weighted by Gasteiger charge is -2.57. The van der Waals surface area contributed by atoms with Gasteiger partial charge in [-0.25, -0.2) is 4.39 Å². The van der Waals surface area contributed by atoms with E-state index in [1.54, 1.807) is 12.1 Å². The summed E-state index contributed by atoms with van der Waals surface area (Å²) in [6, 6.07) is 6.85. The first-order chi connectivity index (χ1) is 13.8. The molecule has 0 saturated heterocycles. The lowest BCUT2D eigenvalue weighted by Crippen LogP contribution is -2.51. The second-order valence-corrected chi connectivity index (χ2v) is 10.5. The van der Waals surface area contributed by atoms with Crippen LogP contribution in [0.1, 0.15) is 64.4 Å². The number of allylic oxidation sites excluding steroid dienone is 1. The molecule has 3 heteroatoms. The zero-order valence-electron chi connectivity index (χ0n) is 17.6. The molecule has 0 aromatic heterocycles. The van der Waals surface area contributed by atoms with Crippen molar-refractivity contribution >= 4 is 6.08 Å². The molecule has 156 valence electrons. The SMILES string of the molecule is C[C@]12CC[C@H]3[C@@H](CC=C4C[C@H](O)CC[C@@]43C)[C@@H]1C/C(=C\c1ccccc1F)[C@H]2O. The minimum absolute atomic E-state index is 0.117. The Morgan fingerprint density at radius 2 is 1.83 bits per heavy atom. The van der Waals surface area contributed by atoms with Crippen LogP contribution >= 0.6 is 0 Å². The van der Waals surface area contributed by atoms with Gasteiger partial charge in [0.1, 0.15) is 5.82 Å². The summed E-state index contributed by atoms with van der Waals surface area (Å²) >= 11 is 0. The third kappa shape index (κ3) is 2.88. The monoisotopic (exact) mass is 396 g/mol. The highest BCUT2D eigenvalue weighted by Gasteiger charge is 2.59. The van der Waals surface area contributed by atoms with Gasteiger partial charge in [0.15, 0.2) is 0 Å². The molecule has 2 N–H and O–H groups in total. The third-order valence-corrected chi connectivity index (χ3v) is 9.19. The molecule has 3 fully saturated rings. The largest absolute Gasteiger partial charge is 0.393 e. The summed E-state index contributed by atoms with van der Waals surface area (Å²) in [4.78, 5) is 0. The fourth-order valence-electron chi connectivity index (χ4n) is 7.43. The van der Waals surface area contributed by atoms with Crippen LogP contribution in [-0.2, 0) is 0 Å². The van der Waals surface area contributed by atoms with Crippen molar-refractivity contribution < 1.29 is 14.6 Å². The van der Waals surface area contributed by atoms with Gasteiger partial charge in [0.2, 0.25) is 0 Å². The maximum absolute atomic E-state index is 14.2. The summed E-state index contributed by atoms with van der Waals surface area (Å²) < 4.78 is 14.2. The molecular weight excluding hydrogens is 363 g/mol. The van der Waals surface area contributed by atoms with E-state index in [9.17, 15) is 14.6 Å². The normalized spacial score (nSPS) is 45.3. The molecule has 3 saturated carbocycles. The van der Waals surface area contributed by atoms with Crippen LogP contribution < -0.4 is 0 Å². The summed E-state index contributed by atoms with van der Waals surface area (Å²) in [6.45, 7) is 4.68. The molecule has 7 atom stereocenters. The van der Waals surface area contributed by atoms with Crippen LogP contribution in [-0.4, -0.2) is 22.4 Å². The molecule has 0 amide bonds. The van der Waals surface area contributed by atoms with Crippen LogP contribution in [0.15, 0.2) is 41.5 Å². The van der Waals surface area contributed by atoms with Crippen LogP contribution in [0.5, 0.6) is 0 Å². The number of hydrogen-bond donors (Lipinski definition) is 2. The number of rotatable bonds is 1. The van der Waals surface area contributed by atoms with Gasteiger partial charge in [0, 0.05) is 11.0 Å². The Bertz CT molecular complexity index is 873. The maximum atomic E-state index is 14.2. The van der Waals surface area contributed by atoms with E-state index in [-0.39, 0.29) is 22.8 Å². The topological polar surface area (TPSA) is 40.5 Å². The highest BCUT2D eigenvalue weighted by molar-refractivity contribution is 5.56. The summed E-state index contributed by atoms with van der Waals surface area (Å²) in [6.07, 6.45) is 10.6. The van der Waals surface area contributed by atoms with Crippen LogP contribution in [0.2, 0.25) is 0 Å². The summed E-state index contributed by atoms with van der Waals surface area (Å²) in [5, 5.41) is 21.4. The van der Waals surface area contributed by atoms with Gasteiger partial charge in [0.05, 0.1) is 12.2 Å². The van der Waals surface area contributed by atoms with Crippen molar-refractivity contribution in [1.82, 2.24) is 0 Å². The fourth-order valence-corrected chi connectivity index (χ4v) is 7.43. The minimum Gasteiger partial charge on any atom is -0.393 e. The Hall–Kier alpha value is -1.45. The Kier molecular flexibility index (Phi) is 4.56.